The Kier molecular flexibility index (Phi) is 7.40. The molecule has 25 heavy (non-hydrogen) atoms. The van der Waals surface area contributed by atoms with Crippen LogP contribution >= 0.6 is 0 Å². The summed E-state index contributed by atoms with van der Waals surface area (Å²) in [5, 5.41) is 5.71. The normalized spacial score (nSPS) is 10.8. The zero-order valence-corrected chi connectivity index (χ0v) is 14.9. The Morgan fingerprint density at radius 1 is 1.16 bits per heavy atom. The number of hydrogen-bond donors (Lipinski definition) is 2. The average Bonchev–Trinajstić information content (AvgIpc) is 2.93. The zero-order chi connectivity index (χ0) is 18.1. The molecule has 0 atom stereocenters. The summed E-state index contributed by atoms with van der Waals surface area (Å²) in [5.74, 6) is 0.591. The van der Waals surface area contributed by atoms with Crippen LogP contribution in [0.2, 0.25) is 0 Å². The van der Waals surface area contributed by atoms with Crippen molar-refractivity contribution in [3.05, 3.63) is 30.1 Å². The van der Waals surface area contributed by atoms with E-state index < -0.39 is 0 Å². The molecule has 0 unspecified atom stereocenters. The third-order valence-corrected chi connectivity index (χ3v) is 3.83. The van der Waals surface area contributed by atoms with Crippen LogP contribution in [0.1, 0.15) is 25.6 Å². The molecule has 0 fully saturated rings. The highest BCUT2D eigenvalue weighted by Gasteiger charge is 2.13. The molecule has 0 spiro atoms. The molecule has 0 radical (unpaired) electrons. The van der Waals surface area contributed by atoms with E-state index in [1.807, 2.05) is 28.8 Å². The molecule has 0 bridgehead atoms. The van der Waals surface area contributed by atoms with Gasteiger partial charge in [0, 0.05) is 26.6 Å². The fourth-order valence-corrected chi connectivity index (χ4v) is 2.59. The molecule has 7 heteroatoms. The maximum Gasteiger partial charge on any atom is 0.245 e. The number of hydrogen-bond acceptors (Lipinski definition) is 4. The van der Waals surface area contributed by atoms with Gasteiger partial charge in [-0.25, -0.2) is 4.98 Å². The van der Waals surface area contributed by atoms with E-state index in [0.717, 1.165) is 29.7 Å². The SMILES string of the molecule is CCCCNC(=O)Cn1c(CCNC(=O)COC)nc2ccccc21. The van der Waals surface area contributed by atoms with Crippen LogP contribution in [0, 0.1) is 0 Å². The summed E-state index contributed by atoms with van der Waals surface area (Å²) >= 11 is 0. The van der Waals surface area contributed by atoms with E-state index in [0.29, 0.717) is 19.5 Å². The molecule has 0 saturated carbocycles. The Balaban J connectivity index is 2.07. The minimum absolute atomic E-state index is 0.0266. The number of fused-ring (bicyclic) bond motifs is 1. The van der Waals surface area contributed by atoms with Crippen LogP contribution in [0.25, 0.3) is 11.0 Å². The van der Waals surface area contributed by atoms with Crippen molar-refractivity contribution in [3.63, 3.8) is 0 Å². The third-order valence-electron chi connectivity index (χ3n) is 3.83. The van der Waals surface area contributed by atoms with Gasteiger partial charge in [0.05, 0.1) is 11.0 Å². The summed E-state index contributed by atoms with van der Waals surface area (Å²) in [4.78, 5) is 28.3. The topological polar surface area (TPSA) is 85.2 Å². The van der Waals surface area contributed by atoms with E-state index in [9.17, 15) is 9.59 Å². The Labute approximate surface area is 147 Å². The van der Waals surface area contributed by atoms with Gasteiger partial charge in [-0.05, 0) is 18.6 Å². The number of carbonyl (C=O) groups is 2. The number of unbranched alkanes of at least 4 members (excludes halogenated alkanes) is 1. The molecular weight excluding hydrogens is 320 g/mol. The van der Waals surface area contributed by atoms with Gasteiger partial charge in [0.1, 0.15) is 19.0 Å². The Morgan fingerprint density at radius 2 is 1.92 bits per heavy atom. The molecule has 2 rings (SSSR count). The summed E-state index contributed by atoms with van der Waals surface area (Å²) < 4.78 is 6.71. The van der Waals surface area contributed by atoms with Gasteiger partial charge in [0.15, 0.2) is 0 Å². The van der Waals surface area contributed by atoms with Crippen molar-refractivity contribution in [3.8, 4) is 0 Å². The van der Waals surface area contributed by atoms with Gasteiger partial charge in [0.2, 0.25) is 11.8 Å². The maximum atomic E-state index is 12.2. The molecular formula is C18H26N4O3. The highest BCUT2D eigenvalue weighted by atomic mass is 16.5. The quantitative estimate of drug-likeness (QED) is 0.634. The molecule has 136 valence electrons. The van der Waals surface area contributed by atoms with Crippen molar-refractivity contribution in [2.75, 3.05) is 26.8 Å². The first-order valence-electron chi connectivity index (χ1n) is 8.62. The Morgan fingerprint density at radius 3 is 2.68 bits per heavy atom. The van der Waals surface area contributed by atoms with Crippen molar-refractivity contribution in [2.24, 2.45) is 0 Å². The van der Waals surface area contributed by atoms with Crippen LogP contribution in [0.15, 0.2) is 24.3 Å². The maximum absolute atomic E-state index is 12.2. The van der Waals surface area contributed by atoms with Gasteiger partial charge in [-0.3, -0.25) is 9.59 Å². The number of para-hydroxylation sites is 2. The summed E-state index contributed by atoms with van der Waals surface area (Å²) in [6, 6.07) is 7.73. The molecule has 7 nitrogen and oxygen atoms in total. The molecule has 0 saturated heterocycles. The fourth-order valence-electron chi connectivity index (χ4n) is 2.59. The van der Waals surface area contributed by atoms with Crippen LogP contribution in [-0.4, -0.2) is 48.2 Å². The first-order chi connectivity index (χ1) is 12.2. The molecule has 2 amide bonds. The van der Waals surface area contributed by atoms with Crippen LogP contribution < -0.4 is 10.6 Å². The lowest BCUT2D eigenvalue weighted by Crippen LogP contribution is -2.31. The summed E-state index contributed by atoms with van der Waals surface area (Å²) in [6.45, 7) is 3.49. The Hall–Kier alpha value is -2.41. The average molecular weight is 346 g/mol. The number of methoxy groups -OCH3 is 1. The molecule has 2 N–H and O–H groups in total. The summed E-state index contributed by atoms with van der Waals surface area (Å²) in [6.07, 6.45) is 2.56. The lowest BCUT2D eigenvalue weighted by molar-refractivity contribution is -0.124. The van der Waals surface area contributed by atoms with Crippen molar-refractivity contribution in [2.45, 2.75) is 32.7 Å². The number of aromatic nitrogens is 2. The van der Waals surface area contributed by atoms with E-state index in [4.69, 9.17) is 4.74 Å². The molecule has 1 heterocycles. The van der Waals surface area contributed by atoms with Gasteiger partial charge >= 0.3 is 0 Å². The van der Waals surface area contributed by atoms with Crippen molar-refractivity contribution < 1.29 is 14.3 Å². The van der Waals surface area contributed by atoms with Gasteiger partial charge < -0.3 is 19.9 Å². The highest BCUT2D eigenvalue weighted by molar-refractivity contribution is 5.81. The third kappa shape index (κ3) is 5.56. The summed E-state index contributed by atoms with van der Waals surface area (Å²) in [5.41, 5.74) is 1.77. The van der Waals surface area contributed by atoms with Crippen LogP contribution in [-0.2, 0) is 27.3 Å². The number of ether oxygens (including phenoxy) is 1. The van der Waals surface area contributed by atoms with Crippen molar-refractivity contribution in [1.29, 1.82) is 0 Å². The van der Waals surface area contributed by atoms with Crippen molar-refractivity contribution >= 4 is 22.8 Å². The second-order valence-corrected chi connectivity index (χ2v) is 5.84. The van der Waals surface area contributed by atoms with Crippen LogP contribution in [0.3, 0.4) is 0 Å². The smallest absolute Gasteiger partial charge is 0.245 e. The second kappa shape index (κ2) is 9.78. The molecule has 0 aliphatic heterocycles. The van der Waals surface area contributed by atoms with E-state index >= 15 is 0 Å². The van der Waals surface area contributed by atoms with Gasteiger partial charge in [-0.15, -0.1) is 0 Å². The largest absolute Gasteiger partial charge is 0.375 e. The minimum Gasteiger partial charge on any atom is -0.375 e. The molecule has 2 aromatic rings. The number of rotatable bonds is 10. The zero-order valence-electron chi connectivity index (χ0n) is 14.9. The van der Waals surface area contributed by atoms with E-state index in [1.165, 1.54) is 7.11 Å². The summed E-state index contributed by atoms with van der Waals surface area (Å²) in [7, 11) is 1.48. The molecule has 1 aromatic heterocycles. The second-order valence-electron chi connectivity index (χ2n) is 5.84. The molecule has 1 aromatic carbocycles. The first-order valence-corrected chi connectivity index (χ1v) is 8.62. The number of nitrogens with zero attached hydrogens (tertiary/aromatic N) is 2. The van der Waals surface area contributed by atoms with Crippen molar-refractivity contribution in [1.82, 2.24) is 20.2 Å². The van der Waals surface area contributed by atoms with E-state index in [1.54, 1.807) is 0 Å². The standard InChI is InChI=1S/C18H26N4O3/c1-3-4-10-19-17(23)12-22-15-8-6-5-7-14(15)21-16(22)9-11-20-18(24)13-25-2/h5-8H,3-4,9-13H2,1-2H3,(H,19,23)(H,20,24). The highest BCUT2D eigenvalue weighted by Crippen LogP contribution is 2.16. The number of nitrogens with one attached hydrogen (secondary N) is 2. The molecule has 0 aliphatic rings. The minimum atomic E-state index is -0.164. The van der Waals surface area contributed by atoms with Gasteiger partial charge in [0.25, 0.3) is 0 Å². The lowest BCUT2D eigenvalue weighted by atomic mass is 10.3. The Bertz CT molecular complexity index is 711. The van der Waals surface area contributed by atoms with E-state index in [2.05, 4.69) is 22.5 Å². The monoisotopic (exact) mass is 346 g/mol. The first kappa shape index (κ1) is 18.9. The lowest BCUT2D eigenvalue weighted by Gasteiger charge is -2.10. The predicted octanol–water partition coefficient (Wildman–Crippen LogP) is 1.26. The predicted molar refractivity (Wildman–Crippen MR) is 96.2 cm³/mol. The van der Waals surface area contributed by atoms with Crippen LogP contribution in [0.4, 0.5) is 0 Å². The number of carbonyl (C=O) groups excluding carboxylic acids is 2. The van der Waals surface area contributed by atoms with Gasteiger partial charge in [-0.1, -0.05) is 25.5 Å². The number of imidazole rings is 1. The van der Waals surface area contributed by atoms with Crippen LogP contribution in [0.5, 0.6) is 0 Å². The number of benzene rings is 1. The number of amides is 2. The fraction of sp³-hybridized carbons (Fsp3) is 0.500. The molecule has 0 aliphatic carbocycles. The van der Waals surface area contributed by atoms with Gasteiger partial charge in [-0.2, -0.15) is 0 Å². The van der Waals surface area contributed by atoms with E-state index in [-0.39, 0.29) is 25.0 Å².